The van der Waals surface area contributed by atoms with Crippen LogP contribution in [0.15, 0.2) is 12.7 Å². The summed E-state index contributed by atoms with van der Waals surface area (Å²) in [6.45, 7) is 5.86. The molecule has 1 nitrogen and oxygen atoms in total. The maximum atomic E-state index is 3.66. The number of rotatable bonds is 5. The van der Waals surface area contributed by atoms with E-state index in [1.807, 2.05) is 13.1 Å². The number of allylic oxidation sites excluding steroid dienone is 1. The van der Waals surface area contributed by atoms with Crippen LogP contribution in [-0.4, -0.2) is 13.1 Å². The van der Waals surface area contributed by atoms with Crippen molar-refractivity contribution in [3.05, 3.63) is 12.7 Å². The summed E-state index contributed by atoms with van der Waals surface area (Å²) in [4.78, 5) is 0. The Hall–Kier alpha value is -0.300. The van der Waals surface area contributed by atoms with Crippen LogP contribution in [-0.2, 0) is 0 Å². The van der Waals surface area contributed by atoms with Crippen molar-refractivity contribution in [2.24, 2.45) is 0 Å². The highest BCUT2D eigenvalue weighted by Gasteiger charge is 1.94. The van der Waals surface area contributed by atoms with Gasteiger partial charge in [-0.15, -0.1) is 6.58 Å². The maximum absolute atomic E-state index is 3.66. The highest BCUT2D eigenvalue weighted by molar-refractivity contribution is 4.67. The molecule has 0 aromatic rings. The third kappa shape index (κ3) is 5.57. The second-order valence-electron chi connectivity index (χ2n) is 2.41. The Balaban J connectivity index is 2.96. The molecule has 1 heteroatoms. The van der Waals surface area contributed by atoms with Crippen LogP contribution < -0.4 is 5.32 Å². The van der Waals surface area contributed by atoms with Crippen LogP contribution in [0.2, 0.25) is 0 Å². The second kappa shape index (κ2) is 5.83. The van der Waals surface area contributed by atoms with E-state index in [4.69, 9.17) is 0 Å². The molecule has 0 aliphatic carbocycles. The fourth-order valence-electron chi connectivity index (χ4n) is 0.713. The van der Waals surface area contributed by atoms with Crippen LogP contribution in [0.4, 0.5) is 0 Å². The lowest BCUT2D eigenvalue weighted by atomic mass is 10.1. The number of hydrogen-bond donors (Lipinski definition) is 1. The highest BCUT2D eigenvalue weighted by atomic mass is 14.8. The average Bonchev–Trinajstić information content (AvgIpc) is 1.89. The molecule has 9 heavy (non-hydrogen) atoms. The molecule has 0 aromatic carbocycles. The Labute approximate surface area is 58.2 Å². The summed E-state index contributed by atoms with van der Waals surface area (Å²) in [5.41, 5.74) is 0. The van der Waals surface area contributed by atoms with Crippen LogP contribution in [0.1, 0.15) is 26.2 Å². The number of unbranched alkanes of at least 4 members (excludes halogenated alkanes) is 1. The molecule has 0 radical (unpaired) electrons. The standard InChI is InChI=1S/C8H17N/c1-4-5-6-7-8(2)9-3/h4,8-9H,1,5-7H2,2-3H3. The van der Waals surface area contributed by atoms with Gasteiger partial charge in [0.1, 0.15) is 0 Å². The van der Waals surface area contributed by atoms with Gasteiger partial charge in [0.15, 0.2) is 0 Å². The van der Waals surface area contributed by atoms with Crippen molar-refractivity contribution in [3.63, 3.8) is 0 Å². The third-order valence-corrected chi connectivity index (χ3v) is 1.54. The van der Waals surface area contributed by atoms with Gasteiger partial charge < -0.3 is 5.32 Å². The Morgan fingerprint density at radius 3 is 2.78 bits per heavy atom. The van der Waals surface area contributed by atoms with E-state index in [9.17, 15) is 0 Å². The minimum Gasteiger partial charge on any atom is -0.317 e. The molecule has 54 valence electrons. The van der Waals surface area contributed by atoms with Gasteiger partial charge in [0.25, 0.3) is 0 Å². The lowest BCUT2D eigenvalue weighted by Gasteiger charge is -2.07. The van der Waals surface area contributed by atoms with Gasteiger partial charge in [-0.2, -0.15) is 0 Å². The van der Waals surface area contributed by atoms with E-state index < -0.39 is 0 Å². The van der Waals surface area contributed by atoms with Gasteiger partial charge in [-0.3, -0.25) is 0 Å². The molecule has 0 rings (SSSR count). The van der Waals surface area contributed by atoms with Gasteiger partial charge in [0.05, 0.1) is 0 Å². The zero-order valence-electron chi connectivity index (χ0n) is 6.48. The molecule has 0 bridgehead atoms. The average molecular weight is 127 g/mol. The van der Waals surface area contributed by atoms with Gasteiger partial charge >= 0.3 is 0 Å². The van der Waals surface area contributed by atoms with Crippen molar-refractivity contribution in [1.29, 1.82) is 0 Å². The van der Waals surface area contributed by atoms with Gasteiger partial charge in [0.2, 0.25) is 0 Å². The van der Waals surface area contributed by atoms with Crippen molar-refractivity contribution in [3.8, 4) is 0 Å². The summed E-state index contributed by atoms with van der Waals surface area (Å²) >= 11 is 0. The first-order valence-corrected chi connectivity index (χ1v) is 3.59. The quantitative estimate of drug-likeness (QED) is 0.439. The molecule has 0 saturated heterocycles. The SMILES string of the molecule is C=CCCCC(C)NC. The Bertz CT molecular complexity index is 69.0. The molecule has 0 saturated carbocycles. The molecule has 0 aromatic heterocycles. The molecule has 1 unspecified atom stereocenters. The van der Waals surface area contributed by atoms with E-state index >= 15 is 0 Å². The van der Waals surface area contributed by atoms with E-state index in [2.05, 4.69) is 18.8 Å². The topological polar surface area (TPSA) is 12.0 Å². The van der Waals surface area contributed by atoms with Crippen molar-refractivity contribution in [2.45, 2.75) is 32.2 Å². The Morgan fingerprint density at radius 1 is 1.67 bits per heavy atom. The lowest BCUT2D eigenvalue weighted by Crippen LogP contribution is -2.20. The van der Waals surface area contributed by atoms with Gasteiger partial charge in [-0.1, -0.05) is 6.08 Å². The lowest BCUT2D eigenvalue weighted by molar-refractivity contribution is 0.545. The largest absolute Gasteiger partial charge is 0.317 e. The molecular weight excluding hydrogens is 110 g/mol. The summed E-state index contributed by atoms with van der Waals surface area (Å²) in [5, 5.41) is 3.19. The minimum absolute atomic E-state index is 0.657. The van der Waals surface area contributed by atoms with Crippen molar-refractivity contribution >= 4 is 0 Å². The molecule has 0 aliphatic rings. The fourth-order valence-corrected chi connectivity index (χ4v) is 0.713. The number of hydrogen-bond acceptors (Lipinski definition) is 1. The monoisotopic (exact) mass is 127 g/mol. The van der Waals surface area contributed by atoms with E-state index in [0.717, 1.165) is 6.42 Å². The van der Waals surface area contributed by atoms with Crippen LogP contribution in [0.3, 0.4) is 0 Å². The van der Waals surface area contributed by atoms with Crippen LogP contribution >= 0.6 is 0 Å². The minimum atomic E-state index is 0.657. The second-order valence-corrected chi connectivity index (χ2v) is 2.41. The zero-order valence-corrected chi connectivity index (χ0v) is 6.48. The fraction of sp³-hybridized carbons (Fsp3) is 0.750. The molecule has 0 heterocycles. The first-order chi connectivity index (χ1) is 4.31. The first kappa shape index (κ1) is 8.70. The molecule has 0 fully saturated rings. The molecular formula is C8H17N. The number of nitrogens with one attached hydrogen (secondary N) is 1. The van der Waals surface area contributed by atoms with Crippen LogP contribution in [0.25, 0.3) is 0 Å². The van der Waals surface area contributed by atoms with Crippen molar-refractivity contribution < 1.29 is 0 Å². The zero-order chi connectivity index (χ0) is 7.11. The van der Waals surface area contributed by atoms with Gasteiger partial charge in [0, 0.05) is 6.04 Å². The molecule has 1 N–H and O–H groups in total. The molecule has 0 aliphatic heterocycles. The van der Waals surface area contributed by atoms with E-state index in [0.29, 0.717) is 6.04 Å². The summed E-state index contributed by atoms with van der Waals surface area (Å²) in [5.74, 6) is 0. The van der Waals surface area contributed by atoms with Crippen LogP contribution in [0.5, 0.6) is 0 Å². The molecule has 0 spiro atoms. The summed E-state index contributed by atoms with van der Waals surface area (Å²) in [6, 6.07) is 0.657. The van der Waals surface area contributed by atoms with Crippen molar-refractivity contribution in [1.82, 2.24) is 5.32 Å². The predicted octanol–water partition coefficient (Wildman–Crippen LogP) is 1.95. The predicted molar refractivity (Wildman–Crippen MR) is 42.6 cm³/mol. The molecule has 0 amide bonds. The van der Waals surface area contributed by atoms with Gasteiger partial charge in [-0.25, -0.2) is 0 Å². The van der Waals surface area contributed by atoms with Gasteiger partial charge in [-0.05, 0) is 33.2 Å². The summed E-state index contributed by atoms with van der Waals surface area (Å²) < 4.78 is 0. The van der Waals surface area contributed by atoms with E-state index in [-0.39, 0.29) is 0 Å². The molecule has 1 atom stereocenters. The summed E-state index contributed by atoms with van der Waals surface area (Å²) in [6.07, 6.45) is 5.63. The van der Waals surface area contributed by atoms with E-state index in [1.165, 1.54) is 12.8 Å². The van der Waals surface area contributed by atoms with Crippen LogP contribution in [0, 0.1) is 0 Å². The Morgan fingerprint density at radius 2 is 2.33 bits per heavy atom. The smallest absolute Gasteiger partial charge is 0.00358 e. The summed E-state index contributed by atoms with van der Waals surface area (Å²) in [7, 11) is 2.00. The normalized spacial score (nSPS) is 13.1. The first-order valence-electron chi connectivity index (χ1n) is 3.59. The van der Waals surface area contributed by atoms with E-state index in [1.54, 1.807) is 0 Å². The highest BCUT2D eigenvalue weighted by Crippen LogP contribution is 1.99. The maximum Gasteiger partial charge on any atom is 0.00358 e. The van der Waals surface area contributed by atoms with Crippen molar-refractivity contribution in [2.75, 3.05) is 7.05 Å². The third-order valence-electron chi connectivity index (χ3n) is 1.54. The Kier molecular flexibility index (Phi) is 5.64.